The molecule has 4 rings (SSSR count). The smallest absolute Gasteiger partial charge is 0.251 e. The van der Waals surface area contributed by atoms with E-state index in [1.165, 1.54) is 0 Å². The van der Waals surface area contributed by atoms with E-state index in [0.29, 0.717) is 24.4 Å². The number of H-pyrrole nitrogens is 1. The van der Waals surface area contributed by atoms with Crippen LogP contribution in [0.2, 0.25) is 0 Å². The van der Waals surface area contributed by atoms with Gasteiger partial charge in [-0.25, -0.2) is 0 Å². The largest absolute Gasteiger partial charge is 0.355 e. The molecule has 1 fully saturated rings. The molecule has 0 bridgehead atoms. The van der Waals surface area contributed by atoms with Crippen molar-refractivity contribution in [3.05, 3.63) is 82.1 Å². The fourth-order valence-corrected chi connectivity index (χ4v) is 3.54. The zero-order valence-corrected chi connectivity index (χ0v) is 14.6. The van der Waals surface area contributed by atoms with Gasteiger partial charge in [0.15, 0.2) is 0 Å². The van der Waals surface area contributed by atoms with Gasteiger partial charge in [0.25, 0.3) is 5.56 Å². The molecule has 4 heteroatoms. The Morgan fingerprint density at radius 1 is 1.08 bits per heavy atom. The van der Waals surface area contributed by atoms with Crippen molar-refractivity contribution in [3.8, 4) is 0 Å². The predicted molar refractivity (Wildman–Crippen MR) is 103 cm³/mol. The van der Waals surface area contributed by atoms with Gasteiger partial charge in [-0.2, -0.15) is 0 Å². The highest BCUT2D eigenvalue weighted by molar-refractivity contribution is 5.84. The molecule has 1 aliphatic carbocycles. The first-order valence-corrected chi connectivity index (χ1v) is 9.16. The van der Waals surface area contributed by atoms with Crippen molar-refractivity contribution in [1.82, 2.24) is 10.3 Å². The van der Waals surface area contributed by atoms with Crippen LogP contribution in [0.25, 0.3) is 10.9 Å². The van der Waals surface area contributed by atoms with Crippen LogP contribution in [0.15, 0.2) is 65.5 Å². The molecule has 1 aliphatic rings. The zero-order valence-electron chi connectivity index (χ0n) is 14.6. The quantitative estimate of drug-likeness (QED) is 0.719. The number of hydrogen-bond acceptors (Lipinski definition) is 2. The third-order valence-corrected chi connectivity index (χ3v) is 5.06. The Labute approximate surface area is 152 Å². The standard InChI is InChI=1S/C22H22N2O2/c25-21-18(14-17-8-4-5-9-19(17)24-21)12-13-23-22(26)20(16-10-11-16)15-6-2-1-3-7-15/h1-9,14,16,20H,10-13H2,(H,23,26)(H,24,25). The number of para-hydroxylation sites is 1. The van der Waals surface area contributed by atoms with Crippen LogP contribution >= 0.6 is 0 Å². The normalized spacial score (nSPS) is 14.9. The predicted octanol–water partition coefficient (Wildman–Crippen LogP) is 3.38. The number of fused-ring (bicyclic) bond motifs is 1. The summed E-state index contributed by atoms with van der Waals surface area (Å²) in [5.41, 5.74) is 2.53. The van der Waals surface area contributed by atoms with Gasteiger partial charge >= 0.3 is 0 Å². The maximum atomic E-state index is 12.7. The molecule has 2 aromatic carbocycles. The molecule has 0 radical (unpaired) electrons. The van der Waals surface area contributed by atoms with E-state index in [-0.39, 0.29) is 17.4 Å². The van der Waals surface area contributed by atoms with E-state index in [2.05, 4.69) is 10.3 Å². The Balaban J connectivity index is 1.43. The van der Waals surface area contributed by atoms with Crippen LogP contribution in [0.5, 0.6) is 0 Å². The van der Waals surface area contributed by atoms with Gasteiger partial charge in [0, 0.05) is 17.6 Å². The minimum absolute atomic E-state index is 0.0657. The molecule has 1 unspecified atom stereocenters. The Morgan fingerprint density at radius 3 is 2.58 bits per heavy atom. The van der Waals surface area contributed by atoms with E-state index in [0.717, 1.165) is 29.3 Å². The van der Waals surface area contributed by atoms with Crippen molar-refractivity contribution < 1.29 is 4.79 Å². The molecule has 4 nitrogen and oxygen atoms in total. The van der Waals surface area contributed by atoms with Crippen LogP contribution in [0.4, 0.5) is 0 Å². The molecule has 0 saturated heterocycles. The van der Waals surface area contributed by atoms with Crippen LogP contribution in [-0.4, -0.2) is 17.4 Å². The third kappa shape index (κ3) is 3.54. The molecular weight excluding hydrogens is 324 g/mol. The van der Waals surface area contributed by atoms with Gasteiger partial charge in [0.05, 0.1) is 5.92 Å². The highest BCUT2D eigenvalue weighted by Crippen LogP contribution is 2.42. The van der Waals surface area contributed by atoms with Crippen molar-refractivity contribution in [1.29, 1.82) is 0 Å². The Kier molecular flexibility index (Phi) is 4.57. The fourth-order valence-electron chi connectivity index (χ4n) is 3.54. The summed E-state index contributed by atoms with van der Waals surface area (Å²) in [5, 5.41) is 4.04. The number of carbonyl (C=O) groups excluding carboxylic acids is 1. The SMILES string of the molecule is O=C(NCCc1cc2ccccc2[nH]c1=O)C(c1ccccc1)C1CC1. The summed E-state index contributed by atoms with van der Waals surface area (Å²) in [6.45, 7) is 0.469. The first-order valence-electron chi connectivity index (χ1n) is 9.16. The van der Waals surface area contributed by atoms with E-state index in [4.69, 9.17) is 0 Å². The van der Waals surface area contributed by atoms with Gasteiger partial charge in [0.2, 0.25) is 5.91 Å². The van der Waals surface area contributed by atoms with Crippen LogP contribution < -0.4 is 10.9 Å². The maximum absolute atomic E-state index is 12.7. The van der Waals surface area contributed by atoms with E-state index in [1.807, 2.05) is 60.7 Å². The molecule has 3 aromatic rings. The molecule has 1 atom stereocenters. The first-order chi connectivity index (χ1) is 12.7. The highest BCUT2D eigenvalue weighted by Gasteiger charge is 2.36. The van der Waals surface area contributed by atoms with Crippen molar-refractivity contribution in [2.75, 3.05) is 6.54 Å². The second kappa shape index (κ2) is 7.16. The summed E-state index contributed by atoms with van der Waals surface area (Å²) >= 11 is 0. The summed E-state index contributed by atoms with van der Waals surface area (Å²) < 4.78 is 0. The molecule has 1 amide bonds. The minimum Gasteiger partial charge on any atom is -0.355 e. The number of hydrogen-bond donors (Lipinski definition) is 2. The van der Waals surface area contributed by atoms with Crippen molar-refractivity contribution >= 4 is 16.8 Å². The van der Waals surface area contributed by atoms with E-state index < -0.39 is 0 Å². The number of aromatic amines is 1. The monoisotopic (exact) mass is 346 g/mol. The summed E-state index contributed by atoms with van der Waals surface area (Å²) in [5.74, 6) is 0.434. The Morgan fingerprint density at radius 2 is 1.81 bits per heavy atom. The second-order valence-electron chi connectivity index (χ2n) is 6.98. The summed E-state index contributed by atoms with van der Waals surface area (Å²) in [7, 11) is 0. The first kappa shape index (κ1) is 16.6. The van der Waals surface area contributed by atoms with Gasteiger partial charge in [-0.3, -0.25) is 9.59 Å². The number of rotatable bonds is 6. The van der Waals surface area contributed by atoms with Gasteiger partial charge in [-0.05, 0) is 48.3 Å². The zero-order chi connectivity index (χ0) is 17.9. The summed E-state index contributed by atoms with van der Waals surface area (Å²) in [6.07, 6.45) is 2.74. The average Bonchev–Trinajstić information content (AvgIpc) is 3.48. The molecule has 26 heavy (non-hydrogen) atoms. The molecular formula is C22H22N2O2. The molecule has 1 aromatic heterocycles. The van der Waals surface area contributed by atoms with Crippen LogP contribution in [0, 0.1) is 5.92 Å². The number of nitrogens with one attached hydrogen (secondary N) is 2. The van der Waals surface area contributed by atoms with Gasteiger partial charge in [-0.1, -0.05) is 48.5 Å². The topological polar surface area (TPSA) is 62.0 Å². The average molecular weight is 346 g/mol. The lowest BCUT2D eigenvalue weighted by atomic mass is 9.93. The van der Waals surface area contributed by atoms with Crippen molar-refractivity contribution in [3.63, 3.8) is 0 Å². The minimum atomic E-state index is -0.0836. The maximum Gasteiger partial charge on any atom is 0.251 e. The molecule has 0 spiro atoms. The summed E-state index contributed by atoms with van der Waals surface area (Å²) in [4.78, 5) is 27.8. The van der Waals surface area contributed by atoms with Crippen LogP contribution in [0.1, 0.15) is 29.9 Å². The number of benzene rings is 2. The Hall–Kier alpha value is -2.88. The lowest BCUT2D eigenvalue weighted by Crippen LogP contribution is -2.32. The Bertz CT molecular complexity index is 974. The number of aromatic nitrogens is 1. The van der Waals surface area contributed by atoms with Gasteiger partial charge in [0.1, 0.15) is 0 Å². The lowest BCUT2D eigenvalue weighted by Gasteiger charge is -2.16. The van der Waals surface area contributed by atoms with Crippen LogP contribution in [-0.2, 0) is 11.2 Å². The van der Waals surface area contributed by atoms with Crippen molar-refractivity contribution in [2.45, 2.75) is 25.2 Å². The third-order valence-electron chi connectivity index (χ3n) is 5.06. The molecule has 132 valence electrons. The van der Waals surface area contributed by atoms with Crippen LogP contribution in [0.3, 0.4) is 0 Å². The van der Waals surface area contributed by atoms with E-state index in [1.54, 1.807) is 0 Å². The molecule has 2 N–H and O–H groups in total. The van der Waals surface area contributed by atoms with E-state index >= 15 is 0 Å². The number of amides is 1. The van der Waals surface area contributed by atoms with Crippen molar-refractivity contribution in [2.24, 2.45) is 5.92 Å². The molecule has 0 aliphatic heterocycles. The fraction of sp³-hybridized carbons (Fsp3) is 0.273. The highest BCUT2D eigenvalue weighted by atomic mass is 16.2. The second-order valence-corrected chi connectivity index (χ2v) is 6.98. The molecule has 1 heterocycles. The van der Waals surface area contributed by atoms with Gasteiger partial charge < -0.3 is 10.3 Å². The van der Waals surface area contributed by atoms with Gasteiger partial charge in [-0.15, -0.1) is 0 Å². The number of pyridine rings is 1. The van der Waals surface area contributed by atoms with E-state index in [9.17, 15) is 9.59 Å². The summed E-state index contributed by atoms with van der Waals surface area (Å²) in [6, 6.07) is 19.6. The lowest BCUT2D eigenvalue weighted by molar-refractivity contribution is -0.123. The molecule has 1 saturated carbocycles. The number of carbonyl (C=O) groups is 1.